The Morgan fingerprint density at radius 2 is 2.13 bits per heavy atom. The van der Waals surface area contributed by atoms with Crippen LogP contribution in [0.25, 0.3) is 0 Å². The zero-order valence-electron chi connectivity index (χ0n) is 9.57. The third kappa shape index (κ3) is 3.75. The van der Waals surface area contributed by atoms with E-state index in [-0.39, 0.29) is 0 Å². The van der Waals surface area contributed by atoms with E-state index in [0.717, 1.165) is 12.2 Å². The predicted octanol–water partition coefficient (Wildman–Crippen LogP) is 1.26. The van der Waals surface area contributed by atoms with Crippen LogP contribution in [0.2, 0.25) is 0 Å². The topological polar surface area (TPSA) is 62.4 Å². The Morgan fingerprint density at radius 1 is 1.47 bits per heavy atom. The van der Waals surface area contributed by atoms with Crippen LogP contribution < -0.4 is 10.6 Å². The Hall–Kier alpha value is -1.29. The molecule has 0 fully saturated rings. The molecule has 0 spiro atoms. The second-order valence-corrected chi connectivity index (χ2v) is 4.30. The van der Waals surface area contributed by atoms with Gasteiger partial charge in [-0.2, -0.15) is 0 Å². The molecule has 84 valence electrons. The van der Waals surface area contributed by atoms with Gasteiger partial charge in [0.05, 0.1) is 23.2 Å². The van der Waals surface area contributed by atoms with Gasteiger partial charge in [0.1, 0.15) is 0 Å². The van der Waals surface area contributed by atoms with Crippen molar-refractivity contribution in [2.45, 2.75) is 26.4 Å². The average Bonchev–Trinajstić information content (AvgIpc) is 2.13. The molecule has 4 nitrogen and oxygen atoms in total. The highest BCUT2D eigenvalue weighted by atomic mass is 16.3. The molecule has 0 atom stereocenters. The van der Waals surface area contributed by atoms with Gasteiger partial charge in [-0.25, -0.2) is 0 Å². The minimum Gasteiger partial charge on any atom is -0.397 e. The van der Waals surface area contributed by atoms with Gasteiger partial charge >= 0.3 is 0 Å². The largest absolute Gasteiger partial charge is 0.397 e. The fraction of sp³-hybridized carbons (Fsp3) is 0.545. The molecule has 0 radical (unpaired) electrons. The summed E-state index contributed by atoms with van der Waals surface area (Å²) in [5.41, 5.74) is 6.53. The second-order valence-electron chi connectivity index (χ2n) is 4.30. The van der Waals surface area contributed by atoms with Crippen LogP contribution in [0.15, 0.2) is 18.5 Å². The van der Waals surface area contributed by atoms with Crippen molar-refractivity contribution in [3.05, 3.63) is 18.5 Å². The van der Waals surface area contributed by atoms with E-state index in [1.165, 1.54) is 0 Å². The Balaban J connectivity index is 2.83. The molecule has 0 unspecified atom stereocenters. The molecule has 0 amide bonds. The number of nitrogens with zero attached hydrogens (tertiary/aromatic N) is 2. The highest BCUT2D eigenvalue weighted by molar-refractivity contribution is 5.53. The summed E-state index contributed by atoms with van der Waals surface area (Å²) in [6, 6.07) is 1.86. The molecule has 0 saturated carbocycles. The lowest BCUT2D eigenvalue weighted by Crippen LogP contribution is -2.38. The highest BCUT2D eigenvalue weighted by Gasteiger charge is 2.17. The summed E-state index contributed by atoms with van der Waals surface area (Å²) >= 11 is 0. The number of rotatable bonds is 4. The van der Waals surface area contributed by atoms with Gasteiger partial charge in [0.15, 0.2) is 0 Å². The molecule has 0 aliphatic heterocycles. The first-order valence-corrected chi connectivity index (χ1v) is 5.10. The number of pyridine rings is 1. The monoisotopic (exact) mass is 209 g/mol. The van der Waals surface area contributed by atoms with Gasteiger partial charge in [-0.05, 0) is 26.8 Å². The van der Waals surface area contributed by atoms with Gasteiger partial charge in [0.25, 0.3) is 0 Å². The van der Waals surface area contributed by atoms with Gasteiger partial charge in [-0.15, -0.1) is 0 Å². The standard InChI is InChI=1S/C11H19N3O/c1-4-14(8-11(2,3)15)10-5-9(12)6-13-7-10/h5-7,15H,4,8,12H2,1-3H3. The molecule has 1 aromatic heterocycles. The summed E-state index contributed by atoms with van der Waals surface area (Å²) in [7, 11) is 0. The molecule has 1 rings (SSSR count). The Bertz CT molecular complexity index is 320. The molecular formula is C11H19N3O. The molecular weight excluding hydrogens is 190 g/mol. The quantitative estimate of drug-likeness (QED) is 0.783. The van der Waals surface area contributed by atoms with Crippen molar-refractivity contribution in [2.75, 3.05) is 23.7 Å². The van der Waals surface area contributed by atoms with Crippen molar-refractivity contribution >= 4 is 11.4 Å². The van der Waals surface area contributed by atoms with Crippen molar-refractivity contribution in [3.8, 4) is 0 Å². The number of hydrogen-bond donors (Lipinski definition) is 2. The first-order valence-electron chi connectivity index (χ1n) is 5.10. The van der Waals surface area contributed by atoms with Gasteiger partial charge in [0.2, 0.25) is 0 Å². The van der Waals surface area contributed by atoms with Crippen LogP contribution in [0.1, 0.15) is 20.8 Å². The lowest BCUT2D eigenvalue weighted by Gasteiger charge is -2.29. The van der Waals surface area contributed by atoms with Gasteiger partial charge < -0.3 is 15.7 Å². The van der Waals surface area contributed by atoms with Crippen LogP contribution in [-0.4, -0.2) is 28.8 Å². The van der Waals surface area contributed by atoms with E-state index < -0.39 is 5.60 Å². The summed E-state index contributed by atoms with van der Waals surface area (Å²) in [6.07, 6.45) is 3.37. The number of hydrogen-bond acceptors (Lipinski definition) is 4. The SMILES string of the molecule is CCN(CC(C)(C)O)c1cncc(N)c1. The summed E-state index contributed by atoms with van der Waals surface area (Å²) in [6.45, 7) is 6.99. The molecule has 0 bridgehead atoms. The maximum atomic E-state index is 9.76. The molecule has 0 saturated heterocycles. The third-order valence-electron chi connectivity index (χ3n) is 2.07. The second kappa shape index (κ2) is 4.49. The van der Waals surface area contributed by atoms with Crippen molar-refractivity contribution in [1.29, 1.82) is 0 Å². The minimum atomic E-state index is -0.722. The molecule has 3 N–H and O–H groups in total. The maximum Gasteiger partial charge on any atom is 0.0765 e. The number of aromatic nitrogens is 1. The fourth-order valence-electron chi connectivity index (χ4n) is 1.47. The lowest BCUT2D eigenvalue weighted by atomic mass is 10.1. The van der Waals surface area contributed by atoms with Gasteiger partial charge in [-0.1, -0.05) is 0 Å². The van der Waals surface area contributed by atoms with E-state index in [9.17, 15) is 5.11 Å². The van der Waals surface area contributed by atoms with Crippen LogP contribution in [-0.2, 0) is 0 Å². The number of nitrogens with two attached hydrogens (primary N) is 1. The summed E-state index contributed by atoms with van der Waals surface area (Å²) < 4.78 is 0. The molecule has 1 heterocycles. The van der Waals surface area contributed by atoms with Crippen molar-refractivity contribution < 1.29 is 5.11 Å². The lowest BCUT2D eigenvalue weighted by molar-refractivity contribution is 0.0876. The van der Waals surface area contributed by atoms with Crippen molar-refractivity contribution in [3.63, 3.8) is 0 Å². The fourth-order valence-corrected chi connectivity index (χ4v) is 1.47. The minimum absolute atomic E-state index is 0.564. The molecule has 1 aromatic rings. The smallest absolute Gasteiger partial charge is 0.0765 e. The molecule has 0 aliphatic rings. The Morgan fingerprint density at radius 3 is 2.60 bits per heavy atom. The summed E-state index contributed by atoms with van der Waals surface area (Å²) in [4.78, 5) is 6.08. The van der Waals surface area contributed by atoms with Crippen LogP contribution >= 0.6 is 0 Å². The zero-order valence-corrected chi connectivity index (χ0v) is 9.57. The van der Waals surface area contributed by atoms with Crippen molar-refractivity contribution in [1.82, 2.24) is 4.98 Å². The summed E-state index contributed by atoms with van der Waals surface area (Å²) in [5.74, 6) is 0. The number of likely N-dealkylation sites (N-methyl/N-ethyl adjacent to an activating group) is 1. The third-order valence-corrected chi connectivity index (χ3v) is 2.07. The molecule has 0 aromatic carbocycles. The average molecular weight is 209 g/mol. The van der Waals surface area contributed by atoms with Crippen LogP contribution in [0.5, 0.6) is 0 Å². The van der Waals surface area contributed by atoms with Crippen LogP contribution in [0.4, 0.5) is 11.4 Å². The van der Waals surface area contributed by atoms with E-state index in [1.807, 2.05) is 17.9 Å². The number of aliphatic hydroxyl groups is 1. The molecule has 0 aliphatic carbocycles. The highest BCUT2D eigenvalue weighted by Crippen LogP contribution is 2.18. The zero-order chi connectivity index (χ0) is 11.5. The molecule has 15 heavy (non-hydrogen) atoms. The van der Waals surface area contributed by atoms with Crippen LogP contribution in [0.3, 0.4) is 0 Å². The van der Waals surface area contributed by atoms with E-state index in [0.29, 0.717) is 12.2 Å². The number of anilines is 2. The van der Waals surface area contributed by atoms with Gasteiger partial charge in [0, 0.05) is 19.3 Å². The van der Waals surface area contributed by atoms with E-state index in [4.69, 9.17) is 5.73 Å². The van der Waals surface area contributed by atoms with Crippen LogP contribution in [0, 0.1) is 0 Å². The van der Waals surface area contributed by atoms with Gasteiger partial charge in [-0.3, -0.25) is 4.98 Å². The Labute approximate surface area is 90.7 Å². The maximum absolute atomic E-state index is 9.76. The first kappa shape index (κ1) is 11.8. The first-order chi connectivity index (χ1) is 6.92. The van der Waals surface area contributed by atoms with E-state index >= 15 is 0 Å². The van der Waals surface area contributed by atoms with E-state index in [2.05, 4.69) is 4.98 Å². The predicted molar refractivity (Wildman–Crippen MR) is 62.8 cm³/mol. The van der Waals surface area contributed by atoms with E-state index in [1.54, 1.807) is 26.2 Å². The Kier molecular flexibility index (Phi) is 3.52. The van der Waals surface area contributed by atoms with Crippen molar-refractivity contribution in [2.24, 2.45) is 0 Å². The molecule has 4 heteroatoms. The summed E-state index contributed by atoms with van der Waals surface area (Å²) in [5, 5.41) is 9.76. The normalized spacial score (nSPS) is 11.5. The number of nitrogen functional groups attached to an aromatic ring is 1.